The Balaban J connectivity index is 1.89. The fourth-order valence-electron chi connectivity index (χ4n) is 2.55. The maximum absolute atomic E-state index is 12.5. The molecule has 0 spiro atoms. The van der Waals surface area contributed by atoms with Gasteiger partial charge in [-0.15, -0.1) is 0 Å². The molecule has 2 atom stereocenters. The second-order valence-electron chi connectivity index (χ2n) is 6.40. The largest absolute Gasteiger partial charge is 0.416 e. The maximum atomic E-state index is 12.5. The fraction of sp³-hybridized carbons (Fsp3) is 0.588. The number of halogens is 3. The van der Waals surface area contributed by atoms with E-state index in [9.17, 15) is 23.1 Å². The molecule has 1 amide bonds. The average molecular weight is 329 g/mol. The number of amides is 1. The molecule has 1 saturated carbocycles. The zero-order valence-corrected chi connectivity index (χ0v) is 13.3. The minimum atomic E-state index is -4.35. The number of carbonyl (C=O) groups is 1. The minimum absolute atomic E-state index is 0.114. The lowest BCUT2D eigenvalue weighted by atomic mass is 9.96. The van der Waals surface area contributed by atoms with E-state index in [1.807, 2.05) is 6.92 Å². The molecule has 1 aromatic rings. The van der Waals surface area contributed by atoms with Crippen LogP contribution in [0.15, 0.2) is 24.3 Å². The second-order valence-corrected chi connectivity index (χ2v) is 6.40. The van der Waals surface area contributed by atoms with Crippen molar-refractivity contribution in [2.75, 3.05) is 13.6 Å². The van der Waals surface area contributed by atoms with Gasteiger partial charge in [-0.05, 0) is 42.4 Å². The molecule has 1 aliphatic rings. The van der Waals surface area contributed by atoms with Gasteiger partial charge in [0.05, 0.1) is 11.7 Å². The Hall–Kier alpha value is -1.56. The van der Waals surface area contributed by atoms with E-state index in [2.05, 4.69) is 0 Å². The summed E-state index contributed by atoms with van der Waals surface area (Å²) >= 11 is 0. The summed E-state index contributed by atoms with van der Waals surface area (Å²) in [6, 6.07) is 4.91. The van der Waals surface area contributed by atoms with Crippen LogP contribution in [0, 0.1) is 5.92 Å². The molecular formula is C17H22F3NO2. The zero-order chi connectivity index (χ0) is 17.2. The van der Waals surface area contributed by atoms with E-state index in [0.717, 1.165) is 25.0 Å². The van der Waals surface area contributed by atoms with Crippen LogP contribution >= 0.6 is 0 Å². The molecule has 2 unspecified atom stereocenters. The molecule has 0 aliphatic heterocycles. The lowest BCUT2D eigenvalue weighted by Gasteiger charge is -2.22. The van der Waals surface area contributed by atoms with Gasteiger partial charge in [0.1, 0.15) is 0 Å². The molecule has 2 rings (SSSR count). The SMILES string of the molecule is CC(CC(=O)N(C)CC(O)C1CC1)c1ccc(C(F)(F)F)cc1. The van der Waals surface area contributed by atoms with Gasteiger partial charge >= 0.3 is 6.18 Å². The summed E-state index contributed by atoms with van der Waals surface area (Å²) in [6.07, 6.45) is -2.61. The van der Waals surface area contributed by atoms with Crippen LogP contribution in [0.2, 0.25) is 0 Å². The monoisotopic (exact) mass is 329 g/mol. The van der Waals surface area contributed by atoms with Crippen LogP contribution in [0.5, 0.6) is 0 Å². The van der Waals surface area contributed by atoms with E-state index >= 15 is 0 Å². The molecule has 23 heavy (non-hydrogen) atoms. The van der Waals surface area contributed by atoms with E-state index in [1.165, 1.54) is 17.0 Å². The Kier molecular flexibility index (Phi) is 5.34. The van der Waals surface area contributed by atoms with Crippen molar-refractivity contribution in [2.45, 2.75) is 44.4 Å². The third kappa shape index (κ3) is 4.96. The topological polar surface area (TPSA) is 40.5 Å². The molecular weight excluding hydrogens is 307 g/mol. The van der Waals surface area contributed by atoms with Crippen LogP contribution in [0.25, 0.3) is 0 Å². The second kappa shape index (κ2) is 6.91. The van der Waals surface area contributed by atoms with Gasteiger partial charge in [-0.3, -0.25) is 4.79 Å². The maximum Gasteiger partial charge on any atom is 0.416 e. The number of likely N-dealkylation sites (N-methyl/N-ethyl adjacent to an activating group) is 1. The Morgan fingerprint density at radius 1 is 1.30 bits per heavy atom. The summed E-state index contributed by atoms with van der Waals surface area (Å²) in [4.78, 5) is 13.7. The van der Waals surface area contributed by atoms with E-state index in [0.29, 0.717) is 18.0 Å². The normalized spacial score (nSPS) is 17.7. The molecule has 0 bridgehead atoms. The summed E-state index contributed by atoms with van der Waals surface area (Å²) < 4.78 is 37.6. The first-order valence-corrected chi connectivity index (χ1v) is 7.77. The van der Waals surface area contributed by atoms with Crippen LogP contribution in [-0.4, -0.2) is 35.6 Å². The summed E-state index contributed by atoms with van der Waals surface area (Å²) in [5, 5.41) is 9.87. The molecule has 1 aromatic carbocycles. The Morgan fingerprint density at radius 2 is 1.87 bits per heavy atom. The molecule has 1 N–H and O–H groups in total. The Bertz CT molecular complexity index is 538. The third-order valence-electron chi connectivity index (χ3n) is 4.34. The van der Waals surface area contributed by atoms with Crippen molar-refractivity contribution in [3.05, 3.63) is 35.4 Å². The number of rotatable bonds is 6. The molecule has 128 valence electrons. The van der Waals surface area contributed by atoms with E-state index in [1.54, 1.807) is 7.05 Å². The Morgan fingerprint density at radius 3 is 2.35 bits per heavy atom. The fourth-order valence-corrected chi connectivity index (χ4v) is 2.55. The van der Waals surface area contributed by atoms with Crippen molar-refractivity contribution in [3.8, 4) is 0 Å². The number of aliphatic hydroxyl groups is 1. The average Bonchev–Trinajstić information content (AvgIpc) is 3.30. The molecule has 0 aromatic heterocycles. The number of carbonyl (C=O) groups excluding carboxylic acids is 1. The molecule has 1 fully saturated rings. The van der Waals surface area contributed by atoms with E-state index < -0.39 is 17.8 Å². The minimum Gasteiger partial charge on any atom is -0.391 e. The standard InChI is InChI=1S/C17H22F3NO2/c1-11(12-5-7-14(8-6-12)17(18,19)20)9-16(23)21(2)10-15(22)13-3-4-13/h5-8,11,13,15,22H,3-4,9-10H2,1-2H3. The van der Waals surface area contributed by atoms with Crippen LogP contribution in [-0.2, 0) is 11.0 Å². The van der Waals surface area contributed by atoms with Gasteiger partial charge in [-0.25, -0.2) is 0 Å². The summed E-state index contributed by atoms with van der Waals surface area (Å²) in [6.45, 7) is 2.12. The van der Waals surface area contributed by atoms with Gasteiger partial charge in [-0.1, -0.05) is 19.1 Å². The number of hydrogen-bond acceptors (Lipinski definition) is 2. The zero-order valence-electron chi connectivity index (χ0n) is 13.3. The number of nitrogens with zero attached hydrogens (tertiary/aromatic N) is 1. The smallest absolute Gasteiger partial charge is 0.391 e. The lowest BCUT2D eigenvalue weighted by Crippen LogP contribution is -2.35. The van der Waals surface area contributed by atoms with Crippen molar-refractivity contribution in [3.63, 3.8) is 0 Å². The lowest BCUT2D eigenvalue weighted by molar-refractivity contribution is -0.137. The van der Waals surface area contributed by atoms with Crippen molar-refractivity contribution in [1.29, 1.82) is 0 Å². The summed E-state index contributed by atoms with van der Waals surface area (Å²) in [5.41, 5.74) is 0.00643. The predicted molar refractivity (Wildman–Crippen MR) is 80.8 cm³/mol. The van der Waals surface area contributed by atoms with E-state index in [-0.39, 0.29) is 18.2 Å². The van der Waals surface area contributed by atoms with Crippen molar-refractivity contribution < 1.29 is 23.1 Å². The molecule has 0 radical (unpaired) electrons. The van der Waals surface area contributed by atoms with Crippen molar-refractivity contribution >= 4 is 5.91 Å². The predicted octanol–water partition coefficient (Wildman–Crippen LogP) is 3.43. The highest BCUT2D eigenvalue weighted by molar-refractivity contribution is 5.76. The van der Waals surface area contributed by atoms with Crippen LogP contribution in [0.3, 0.4) is 0 Å². The summed E-state index contributed by atoms with van der Waals surface area (Å²) in [7, 11) is 1.65. The van der Waals surface area contributed by atoms with Gasteiger partial charge in [0, 0.05) is 20.0 Å². The first kappa shape index (κ1) is 17.8. The molecule has 1 aliphatic carbocycles. The van der Waals surface area contributed by atoms with Gasteiger partial charge in [0.2, 0.25) is 5.91 Å². The third-order valence-corrected chi connectivity index (χ3v) is 4.34. The van der Waals surface area contributed by atoms with Gasteiger partial charge in [0.15, 0.2) is 0 Å². The highest BCUT2D eigenvalue weighted by atomic mass is 19.4. The number of alkyl halides is 3. The number of hydrogen-bond donors (Lipinski definition) is 1. The first-order chi connectivity index (χ1) is 10.7. The number of benzene rings is 1. The molecule has 0 saturated heterocycles. The Labute approximate surface area is 134 Å². The van der Waals surface area contributed by atoms with Crippen molar-refractivity contribution in [1.82, 2.24) is 4.90 Å². The van der Waals surface area contributed by atoms with Crippen LogP contribution in [0.4, 0.5) is 13.2 Å². The van der Waals surface area contributed by atoms with Crippen LogP contribution < -0.4 is 0 Å². The van der Waals surface area contributed by atoms with Crippen molar-refractivity contribution in [2.24, 2.45) is 5.92 Å². The van der Waals surface area contributed by atoms with E-state index in [4.69, 9.17) is 0 Å². The van der Waals surface area contributed by atoms with Gasteiger partial charge < -0.3 is 10.0 Å². The quantitative estimate of drug-likeness (QED) is 0.869. The van der Waals surface area contributed by atoms with Crippen LogP contribution in [0.1, 0.15) is 43.2 Å². The molecule has 0 heterocycles. The summed E-state index contributed by atoms with van der Waals surface area (Å²) in [5.74, 6) is 0.0139. The molecule has 3 nitrogen and oxygen atoms in total. The molecule has 6 heteroatoms. The highest BCUT2D eigenvalue weighted by Gasteiger charge is 2.32. The van der Waals surface area contributed by atoms with Gasteiger partial charge in [0.25, 0.3) is 0 Å². The van der Waals surface area contributed by atoms with Gasteiger partial charge in [-0.2, -0.15) is 13.2 Å². The first-order valence-electron chi connectivity index (χ1n) is 7.77. The highest BCUT2D eigenvalue weighted by Crippen LogP contribution is 2.33. The number of aliphatic hydroxyl groups excluding tert-OH is 1.